The molecule has 4 nitrogen and oxygen atoms in total. The lowest BCUT2D eigenvalue weighted by Gasteiger charge is -2.42. The summed E-state index contributed by atoms with van der Waals surface area (Å²) in [5, 5.41) is 13.0. The van der Waals surface area contributed by atoms with E-state index in [0.717, 1.165) is 26.1 Å². The summed E-state index contributed by atoms with van der Waals surface area (Å²) in [5.41, 5.74) is 0. The minimum Gasteiger partial charge on any atom is -0.389 e. The standard InChI is InChI=1S/C10H20N2O2/c1-2-3-12(8-4-11-5-8)9-6-14-7-10(9)13/h8-11,13H,2-7H2,1H3/t9-,10-/m1/s1. The van der Waals surface area contributed by atoms with Crippen molar-refractivity contribution in [3.63, 3.8) is 0 Å². The van der Waals surface area contributed by atoms with Crippen molar-refractivity contribution in [2.45, 2.75) is 31.5 Å². The molecule has 2 rings (SSSR count). The normalized spacial score (nSPS) is 33.6. The summed E-state index contributed by atoms with van der Waals surface area (Å²) in [4.78, 5) is 2.41. The topological polar surface area (TPSA) is 44.7 Å². The SMILES string of the molecule is CCCN(C1CNC1)[C@@H]1COC[C@H]1O. The van der Waals surface area contributed by atoms with E-state index in [1.807, 2.05) is 0 Å². The summed E-state index contributed by atoms with van der Waals surface area (Å²) < 4.78 is 5.30. The van der Waals surface area contributed by atoms with E-state index in [2.05, 4.69) is 17.1 Å². The molecule has 2 fully saturated rings. The highest BCUT2D eigenvalue weighted by atomic mass is 16.5. The Morgan fingerprint density at radius 3 is 2.64 bits per heavy atom. The highest BCUT2D eigenvalue weighted by Crippen LogP contribution is 2.18. The van der Waals surface area contributed by atoms with Crippen molar-refractivity contribution < 1.29 is 9.84 Å². The van der Waals surface area contributed by atoms with Gasteiger partial charge < -0.3 is 15.2 Å². The molecule has 0 unspecified atom stereocenters. The van der Waals surface area contributed by atoms with Crippen LogP contribution in [0.2, 0.25) is 0 Å². The highest BCUT2D eigenvalue weighted by molar-refractivity contribution is 4.92. The van der Waals surface area contributed by atoms with Gasteiger partial charge in [-0.2, -0.15) is 0 Å². The van der Waals surface area contributed by atoms with Crippen LogP contribution in [0.1, 0.15) is 13.3 Å². The zero-order chi connectivity index (χ0) is 9.97. The molecule has 0 amide bonds. The fourth-order valence-corrected chi connectivity index (χ4v) is 2.23. The molecule has 0 aromatic rings. The van der Waals surface area contributed by atoms with Crippen molar-refractivity contribution >= 4 is 0 Å². The molecule has 14 heavy (non-hydrogen) atoms. The van der Waals surface area contributed by atoms with Crippen molar-refractivity contribution in [3.8, 4) is 0 Å². The van der Waals surface area contributed by atoms with Crippen LogP contribution in [0.3, 0.4) is 0 Å². The average Bonchev–Trinajstić information content (AvgIpc) is 2.47. The van der Waals surface area contributed by atoms with Gasteiger partial charge in [0.05, 0.1) is 25.4 Å². The lowest BCUT2D eigenvalue weighted by molar-refractivity contribution is 0.0355. The van der Waals surface area contributed by atoms with Gasteiger partial charge in [0.25, 0.3) is 0 Å². The first-order chi connectivity index (χ1) is 6.83. The molecule has 2 aliphatic rings. The molecule has 0 saturated carbocycles. The van der Waals surface area contributed by atoms with Gasteiger partial charge in [0.1, 0.15) is 0 Å². The Bertz CT molecular complexity index is 185. The van der Waals surface area contributed by atoms with Gasteiger partial charge >= 0.3 is 0 Å². The second-order valence-corrected chi connectivity index (χ2v) is 4.22. The Morgan fingerprint density at radius 2 is 2.21 bits per heavy atom. The molecule has 82 valence electrons. The predicted octanol–water partition coefficient (Wildman–Crippen LogP) is -0.570. The Kier molecular flexibility index (Phi) is 3.38. The molecule has 2 saturated heterocycles. The number of rotatable bonds is 4. The zero-order valence-electron chi connectivity index (χ0n) is 8.78. The van der Waals surface area contributed by atoms with Crippen LogP contribution in [0.5, 0.6) is 0 Å². The van der Waals surface area contributed by atoms with Crippen molar-refractivity contribution in [2.24, 2.45) is 0 Å². The lowest BCUT2D eigenvalue weighted by atomic mass is 10.0. The molecular formula is C10H20N2O2. The minimum atomic E-state index is -0.290. The Labute approximate surface area is 85.2 Å². The van der Waals surface area contributed by atoms with E-state index in [1.54, 1.807) is 0 Å². The third kappa shape index (κ3) is 1.93. The Morgan fingerprint density at radius 1 is 1.43 bits per heavy atom. The monoisotopic (exact) mass is 200 g/mol. The molecule has 2 aliphatic heterocycles. The quantitative estimate of drug-likeness (QED) is 0.638. The van der Waals surface area contributed by atoms with Gasteiger partial charge in [-0.05, 0) is 13.0 Å². The number of ether oxygens (including phenoxy) is 1. The molecule has 2 atom stereocenters. The fourth-order valence-electron chi connectivity index (χ4n) is 2.23. The first kappa shape index (κ1) is 10.4. The summed E-state index contributed by atoms with van der Waals surface area (Å²) >= 11 is 0. The predicted molar refractivity (Wildman–Crippen MR) is 54.3 cm³/mol. The van der Waals surface area contributed by atoms with Gasteiger partial charge in [0.2, 0.25) is 0 Å². The maximum atomic E-state index is 9.77. The number of hydrogen-bond acceptors (Lipinski definition) is 4. The number of hydrogen-bond donors (Lipinski definition) is 2. The first-order valence-corrected chi connectivity index (χ1v) is 5.55. The van der Waals surface area contributed by atoms with Gasteiger partial charge in [-0.15, -0.1) is 0 Å². The molecule has 4 heteroatoms. The second-order valence-electron chi connectivity index (χ2n) is 4.22. The third-order valence-corrected chi connectivity index (χ3v) is 3.16. The van der Waals surface area contributed by atoms with E-state index in [-0.39, 0.29) is 12.1 Å². The van der Waals surface area contributed by atoms with Crippen LogP contribution in [0.4, 0.5) is 0 Å². The molecule has 2 N–H and O–H groups in total. The van der Waals surface area contributed by atoms with Crippen LogP contribution in [-0.2, 0) is 4.74 Å². The van der Waals surface area contributed by atoms with Crippen LogP contribution in [0.15, 0.2) is 0 Å². The summed E-state index contributed by atoms with van der Waals surface area (Å²) in [7, 11) is 0. The second kappa shape index (κ2) is 4.57. The average molecular weight is 200 g/mol. The van der Waals surface area contributed by atoms with Gasteiger partial charge in [0, 0.05) is 19.1 Å². The van der Waals surface area contributed by atoms with E-state index in [9.17, 15) is 5.11 Å². The highest BCUT2D eigenvalue weighted by Gasteiger charge is 2.36. The van der Waals surface area contributed by atoms with Gasteiger partial charge in [0.15, 0.2) is 0 Å². The molecule has 0 spiro atoms. The van der Waals surface area contributed by atoms with Crippen molar-refractivity contribution in [2.75, 3.05) is 32.8 Å². The van der Waals surface area contributed by atoms with E-state index in [0.29, 0.717) is 19.3 Å². The summed E-state index contributed by atoms with van der Waals surface area (Å²) in [6, 6.07) is 0.832. The molecule has 0 aliphatic carbocycles. The third-order valence-electron chi connectivity index (χ3n) is 3.16. The number of aliphatic hydroxyl groups is 1. The largest absolute Gasteiger partial charge is 0.389 e. The van der Waals surface area contributed by atoms with Gasteiger partial charge in [-0.1, -0.05) is 6.92 Å². The van der Waals surface area contributed by atoms with Crippen LogP contribution < -0.4 is 5.32 Å². The van der Waals surface area contributed by atoms with Gasteiger partial charge in [-0.3, -0.25) is 4.90 Å². The van der Waals surface area contributed by atoms with Crippen LogP contribution >= 0.6 is 0 Å². The Balaban J connectivity index is 1.93. The zero-order valence-corrected chi connectivity index (χ0v) is 8.78. The number of nitrogens with zero attached hydrogens (tertiary/aromatic N) is 1. The van der Waals surface area contributed by atoms with Crippen LogP contribution in [-0.4, -0.2) is 61.0 Å². The van der Waals surface area contributed by atoms with E-state index < -0.39 is 0 Å². The molecule has 0 aromatic heterocycles. The van der Waals surface area contributed by atoms with Crippen LogP contribution in [0.25, 0.3) is 0 Å². The summed E-state index contributed by atoms with van der Waals surface area (Å²) in [5.74, 6) is 0. The molecule has 0 radical (unpaired) electrons. The van der Waals surface area contributed by atoms with Crippen LogP contribution in [0, 0.1) is 0 Å². The molecular weight excluding hydrogens is 180 g/mol. The number of nitrogens with one attached hydrogen (secondary N) is 1. The smallest absolute Gasteiger partial charge is 0.0950 e. The lowest BCUT2D eigenvalue weighted by Crippen LogP contribution is -2.62. The fraction of sp³-hybridized carbons (Fsp3) is 1.00. The minimum absolute atomic E-state index is 0.224. The van der Waals surface area contributed by atoms with E-state index in [4.69, 9.17) is 4.74 Å². The molecule has 0 aromatic carbocycles. The van der Waals surface area contributed by atoms with Crippen molar-refractivity contribution in [3.05, 3.63) is 0 Å². The number of aliphatic hydroxyl groups excluding tert-OH is 1. The molecule has 0 bridgehead atoms. The maximum absolute atomic E-state index is 9.77. The molecule has 2 heterocycles. The maximum Gasteiger partial charge on any atom is 0.0950 e. The Hall–Kier alpha value is -0.160. The first-order valence-electron chi connectivity index (χ1n) is 5.55. The van der Waals surface area contributed by atoms with Crippen molar-refractivity contribution in [1.29, 1.82) is 0 Å². The van der Waals surface area contributed by atoms with E-state index >= 15 is 0 Å². The van der Waals surface area contributed by atoms with Gasteiger partial charge in [-0.25, -0.2) is 0 Å². The van der Waals surface area contributed by atoms with Crippen molar-refractivity contribution in [1.82, 2.24) is 10.2 Å². The summed E-state index contributed by atoms with van der Waals surface area (Å²) in [6.07, 6.45) is 0.849. The summed E-state index contributed by atoms with van der Waals surface area (Å²) in [6.45, 7) is 6.56. The van der Waals surface area contributed by atoms with E-state index in [1.165, 1.54) is 0 Å².